The van der Waals surface area contributed by atoms with Crippen LogP contribution >= 0.6 is 0 Å². The molecule has 0 saturated heterocycles. The first-order valence-corrected chi connectivity index (χ1v) is 6.59. The van der Waals surface area contributed by atoms with E-state index in [9.17, 15) is 9.18 Å². The molecule has 0 unspecified atom stereocenters. The van der Waals surface area contributed by atoms with Crippen LogP contribution in [0.25, 0.3) is 6.08 Å². The van der Waals surface area contributed by atoms with Crippen LogP contribution in [0.15, 0.2) is 59.2 Å². The molecular formula is C17H12FNO3. The van der Waals surface area contributed by atoms with Crippen molar-refractivity contribution in [1.82, 2.24) is 0 Å². The van der Waals surface area contributed by atoms with Crippen LogP contribution < -0.4 is 4.74 Å². The Morgan fingerprint density at radius 1 is 1.18 bits per heavy atom. The summed E-state index contributed by atoms with van der Waals surface area (Å²) in [5, 5.41) is 0. The highest BCUT2D eigenvalue weighted by molar-refractivity contribution is 6.12. The van der Waals surface area contributed by atoms with Crippen molar-refractivity contribution in [3.8, 4) is 5.75 Å². The van der Waals surface area contributed by atoms with Crippen molar-refractivity contribution in [3.05, 3.63) is 71.2 Å². The number of rotatable bonds is 3. The maximum atomic E-state index is 13.7. The van der Waals surface area contributed by atoms with E-state index in [4.69, 9.17) is 9.47 Å². The minimum Gasteiger partial charge on any atom is -0.497 e. The lowest BCUT2D eigenvalue weighted by atomic mass is 10.2. The Hall–Kier alpha value is -2.95. The van der Waals surface area contributed by atoms with Crippen LogP contribution in [0.4, 0.5) is 4.39 Å². The quantitative estimate of drug-likeness (QED) is 0.646. The topological polar surface area (TPSA) is 47.9 Å². The molecule has 2 aromatic carbocycles. The van der Waals surface area contributed by atoms with Gasteiger partial charge in [-0.3, -0.25) is 0 Å². The number of benzene rings is 2. The summed E-state index contributed by atoms with van der Waals surface area (Å²) in [5.74, 6) is -0.464. The molecule has 0 atom stereocenters. The lowest BCUT2D eigenvalue weighted by Crippen LogP contribution is -2.07. The van der Waals surface area contributed by atoms with Crippen LogP contribution in [0, 0.1) is 5.82 Å². The maximum Gasteiger partial charge on any atom is 0.363 e. The summed E-state index contributed by atoms with van der Waals surface area (Å²) < 4.78 is 23.9. The first-order valence-electron chi connectivity index (χ1n) is 6.59. The molecule has 1 aliphatic heterocycles. The van der Waals surface area contributed by atoms with Crippen molar-refractivity contribution in [2.75, 3.05) is 7.11 Å². The van der Waals surface area contributed by atoms with Crippen LogP contribution in [0.1, 0.15) is 11.1 Å². The average molecular weight is 297 g/mol. The lowest BCUT2D eigenvalue weighted by molar-refractivity contribution is -0.129. The third kappa shape index (κ3) is 2.74. The van der Waals surface area contributed by atoms with Crippen LogP contribution in [0.5, 0.6) is 5.75 Å². The second-order valence-corrected chi connectivity index (χ2v) is 4.59. The van der Waals surface area contributed by atoms with Crippen molar-refractivity contribution in [1.29, 1.82) is 0 Å². The summed E-state index contributed by atoms with van der Waals surface area (Å²) >= 11 is 0. The van der Waals surface area contributed by atoms with Crippen LogP contribution in [-0.2, 0) is 9.53 Å². The Bertz CT molecular complexity index is 796. The summed E-state index contributed by atoms with van der Waals surface area (Å²) in [7, 11) is 1.56. The molecule has 0 radical (unpaired) electrons. The van der Waals surface area contributed by atoms with Gasteiger partial charge >= 0.3 is 5.97 Å². The fourth-order valence-corrected chi connectivity index (χ4v) is 2.05. The van der Waals surface area contributed by atoms with Crippen molar-refractivity contribution in [3.63, 3.8) is 0 Å². The van der Waals surface area contributed by atoms with Crippen molar-refractivity contribution in [2.45, 2.75) is 0 Å². The molecule has 0 N–H and O–H groups in total. The summed E-state index contributed by atoms with van der Waals surface area (Å²) in [6, 6.07) is 13.2. The number of hydrogen-bond acceptors (Lipinski definition) is 4. The third-order valence-corrected chi connectivity index (χ3v) is 3.12. The Kier molecular flexibility index (Phi) is 3.70. The number of carbonyl (C=O) groups excluding carboxylic acids is 1. The smallest absolute Gasteiger partial charge is 0.363 e. The fraction of sp³-hybridized carbons (Fsp3) is 0.0588. The number of esters is 1. The predicted octanol–water partition coefficient (Wildman–Crippen LogP) is 3.18. The van der Waals surface area contributed by atoms with Crippen LogP contribution in [0.3, 0.4) is 0 Å². The molecular weight excluding hydrogens is 285 g/mol. The zero-order valence-electron chi connectivity index (χ0n) is 11.7. The van der Waals surface area contributed by atoms with E-state index < -0.39 is 11.8 Å². The highest BCUT2D eigenvalue weighted by Gasteiger charge is 2.25. The zero-order valence-corrected chi connectivity index (χ0v) is 11.7. The first-order chi connectivity index (χ1) is 10.7. The average Bonchev–Trinajstić information content (AvgIpc) is 2.89. The van der Waals surface area contributed by atoms with Gasteiger partial charge in [0.15, 0.2) is 5.70 Å². The molecule has 0 aliphatic carbocycles. The molecule has 1 aliphatic rings. The molecule has 1 heterocycles. The molecule has 0 spiro atoms. The van der Waals surface area contributed by atoms with Gasteiger partial charge in [-0.15, -0.1) is 0 Å². The van der Waals surface area contributed by atoms with E-state index in [1.807, 2.05) is 0 Å². The molecule has 110 valence electrons. The predicted molar refractivity (Wildman–Crippen MR) is 80.0 cm³/mol. The number of ether oxygens (including phenoxy) is 2. The monoisotopic (exact) mass is 297 g/mol. The van der Waals surface area contributed by atoms with E-state index in [-0.39, 0.29) is 17.2 Å². The minimum atomic E-state index is -0.610. The number of hydrogen-bond donors (Lipinski definition) is 0. The maximum absolute atomic E-state index is 13.7. The largest absolute Gasteiger partial charge is 0.497 e. The van der Waals surface area contributed by atoms with Gasteiger partial charge in [-0.25, -0.2) is 14.2 Å². The molecule has 3 rings (SSSR count). The van der Waals surface area contributed by atoms with E-state index >= 15 is 0 Å². The number of nitrogens with zero attached hydrogens (tertiary/aromatic N) is 1. The van der Waals surface area contributed by atoms with Gasteiger partial charge in [-0.05, 0) is 35.9 Å². The Balaban J connectivity index is 1.96. The highest BCUT2D eigenvalue weighted by atomic mass is 19.1. The number of methoxy groups -OCH3 is 1. The minimum absolute atomic E-state index is 0.0303. The SMILES string of the molecule is COc1cccc(/C=C2\N=C(c3ccccc3F)OC2=O)c1. The molecule has 2 aromatic rings. The van der Waals surface area contributed by atoms with Crippen molar-refractivity contribution >= 4 is 17.9 Å². The summed E-state index contributed by atoms with van der Waals surface area (Å²) in [4.78, 5) is 15.9. The van der Waals surface area contributed by atoms with Gasteiger partial charge in [0.05, 0.1) is 12.7 Å². The summed E-state index contributed by atoms with van der Waals surface area (Å²) in [6.07, 6.45) is 1.57. The fourth-order valence-electron chi connectivity index (χ4n) is 2.05. The standard InChI is InChI=1S/C17H12FNO3/c1-21-12-6-4-5-11(9-12)10-15-17(20)22-16(19-15)13-7-2-3-8-14(13)18/h2-10H,1H3/b15-10-. The number of cyclic esters (lactones) is 1. The highest BCUT2D eigenvalue weighted by Crippen LogP contribution is 2.22. The Morgan fingerprint density at radius 2 is 2.00 bits per heavy atom. The molecule has 5 heteroatoms. The Morgan fingerprint density at radius 3 is 2.77 bits per heavy atom. The van der Waals surface area contributed by atoms with Gasteiger partial charge in [0, 0.05) is 0 Å². The third-order valence-electron chi connectivity index (χ3n) is 3.12. The van der Waals surface area contributed by atoms with Crippen LogP contribution in [-0.4, -0.2) is 19.0 Å². The molecule has 0 saturated carbocycles. The van der Waals surface area contributed by atoms with E-state index in [1.165, 1.54) is 12.1 Å². The second-order valence-electron chi connectivity index (χ2n) is 4.59. The Labute approximate surface area is 126 Å². The van der Waals surface area contributed by atoms with Crippen molar-refractivity contribution in [2.24, 2.45) is 4.99 Å². The van der Waals surface area contributed by atoms with E-state index in [0.717, 1.165) is 5.56 Å². The molecule has 0 aromatic heterocycles. The number of halogens is 1. The zero-order chi connectivity index (χ0) is 15.5. The summed E-state index contributed by atoms with van der Waals surface area (Å²) in [5.41, 5.74) is 1.02. The molecule has 4 nitrogen and oxygen atoms in total. The van der Waals surface area contributed by atoms with Gasteiger partial charge < -0.3 is 9.47 Å². The normalized spacial score (nSPS) is 15.6. The van der Waals surface area contributed by atoms with E-state index in [1.54, 1.807) is 49.6 Å². The van der Waals surface area contributed by atoms with Gasteiger partial charge in [0.1, 0.15) is 11.6 Å². The van der Waals surface area contributed by atoms with Crippen LogP contribution in [0.2, 0.25) is 0 Å². The molecule has 0 bridgehead atoms. The van der Waals surface area contributed by atoms with E-state index in [2.05, 4.69) is 4.99 Å². The number of carbonyl (C=O) groups is 1. The molecule has 0 amide bonds. The lowest BCUT2D eigenvalue weighted by Gasteiger charge is -2.00. The van der Waals surface area contributed by atoms with Crippen molar-refractivity contribution < 1.29 is 18.7 Å². The molecule has 22 heavy (non-hydrogen) atoms. The van der Waals surface area contributed by atoms with Gasteiger partial charge in [-0.2, -0.15) is 0 Å². The molecule has 0 fully saturated rings. The summed E-state index contributed by atoms with van der Waals surface area (Å²) in [6.45, 7) is 0. The second kappa shape index (κ2) is 5.81. The van der Waals surface area contributed by atoms with Gasteiger partial charge in [-0.1, -0.05) is 24.3 Å². The van der Waals surface area contributed by atoms with Gasteiger partial charge in [0.2, 0.25) is 5.90 Å². The van der Waals surface area contributed by atoms with Gasteiger partial charge in [0.25, 0.3) is 0 Å². The van der Waals surface area contributed by atoms with E-state index in [0.29, 0.717) is 5.75 Å². The number of aliphatic imine (C=N–C) groups is 1. The first kappa shape index (κ1) is 14.0.